The van der Waals surface area contributed by atoms with Crippen LogP contribution in [0.4, 0.5) is 4.79 Å². The summed E-state index contributed by atoms with van der Waals surface area (Å²) in [6.45, 7) is 7.00. The van der Waals surface area contributed by atoms with Crippen LogP contribution in [0, 0.1) is 0 Å². The van der Waals surface area contributed by atoms with Gasteiger partial charge in [-0.3, -0.25) is 0 Å². The molecule has 1 atom stereocenters. The van der Waals surface area contributed by atoms with Gasteiger partial charge >= 0.3 is 6.09 Å². The molecule has 0 aromatic rings. The van der Waals surface area contributed by atoms with Crippen molar-refractivity contribution in [1.29, 1.82) is 0 Å². The maximum atomic E-state index is 11.1. The SMILES string of the molecule is C[C@H](/C=N/O)NC(=O)OC(C)(C)C. The van der Waals surface area contributed by atoms with E-state index in [2.05, 4.69) is 10.5 Å². The highest BCUT2D eigenvalue weighted by Gasteiger charge is 2.16. The Kier molecular flexibility index (Phi) is 4.23. The molecular weight excluding hydrogens is 172 g/mol. The minimum atomic E-state index is -0.528. The zero-order valence-electron chi connectivity index (χ0n) is 8.37. The molecule has 2 N–H and O–H groups in total. The van der Waals surface area contributed by atoms with Crippen LogP contribution in [0.15, 0.2) is 5.16 Å². The molecule has 0 aliphatic rings. The fourth-order valence-electron chi connectivity index (χ4n) is 0.631. The number of alkyl carbamates (subject to hydrolysis) is 1. The lowest BCUT2D eigenvalue weighted by atomic mass is 10.2. The van der Waals surface area contributed by atoms with Crippen LogP contribution >= 0.6 is 0 Å². The Balaban J connectivity index is 3.88. The molecule has 0 saturated carbocycles. The van der Waals surface area contributed by atoms with Gasteiger partial charge in [-0.2, -0.15) is 0 Å². The highest BCUT2D eigenvalue weighted by Crippen LogP contribution is 2.06. The Labute approximate surface area is 77.8 Å². The van der Waals surface area contributed by atoms with Crippen LogP contribution in [-0.2, 0) is 4.74 Å². The molecule has 5 nitrogen and oxygen atoms in total. The van der Waals surface area contributed by atoms with Crippen LogP contribution in [0.5, 0.6) is 0 Å². The van der Waals surface area contributed by atoms with Gasteiger partial charge in [0.25, 0.3) is 0 Å². The minimum absolute atomic E-state index is 0.347. The molecule has 0 radical (unpaired) electrons. The van der Waals surface area contributed by atoms with E-state index in [4.69, 9.17) is 9.94 Å². The number of nitrogens with one attached hydrogen (secondary N) is 1. The standard InChI is InChI=1S/C8H16N2O3/c1-6(5-9-12)10-7(11)13-8(2,3)4/h5-6,12H,1-4H3,(H,10,11)/b9-5+/t6-/m1/s1. The van der Waals surface area contributed by atoms with Gasteiger partial charge in [-0.25, -0.2) is 4.79 Å². The van der Waals surface area contributed by atoms with Gasteiger partial charge in [-0.15, -0.1) is 0 Å². The molecule has 0 aliphatic heterocycles. The van der Waals surface area contributed by atoms with E-state index in [9.17, 15) is 4.79 Å². The first-order valence-electron chi connectivity index (χ1n) is 4.02. The Morgan fingerprint density at radius 1 is 1.62 bits per heavy atom. The highest BCUT2D eigenvalue weighted by atomic mass is 16.6. The molecule has 0 fully saturated rings. The maximum Gasteiger partial charge on any atom is 0.408 e. The van der Waals surface area contributed by atoms with Crippen LogP contribution in [0.3, 0.4) is 0 Å². The Bertz CT molecular complexity index is 196. The first-order chi connectivity index (χ1) is 5.85. The predicted octanol–water partition coefficient (Wildman–Crippen LogP) is 1.36. The van der Waals surface area contributed by atoms with Crippen molar-refractivity contribution in [2.45, 2.75) is 39.3 Å². The van der Waals surface area contributed by atoms with Gasteiger partial charge in [-0.05, 0) is 27.7 Å². The van der Waals surface area contributed by atoms with Gasteiger partial charge < -0.3 is 15.3 Å². The van der Waals surface area contributed by atoms with Crippen LogP contribution in [0.25, 0.3) is 0 Å². The smallest absolute Gasteiger partial charge is 0.408 e. The zero-order valence-corrected chi connectivity index (χ0v) is 8.37. The number of rotatable bonds is 2. The molecule has 0 unspecified atom stereocenters. The maximum absolute atomic E-state index is 11.1. The summed E-state index contributed by atoms with van der Waals surface area (Å²) in [6.07, 6.45) is 0.670. The average molecular weight is 188 g/mol. The molecule has 1 amide bonds. The highest BCUT2D eigenvalue weighted by molar-refractivity contribution is 5.74. The summed E-state index contributed by atoms with van der Waals surface area (Å²) in [4.78, 5) is 11.1. The van der Waals surface area contributed by atoms with Crippen molar-refractivity contribution in [3.8, 4) is 0 Å². The lowest BCUT2D eigenvalue weighted by Crippen LogP contribution is -2.38. The summed E-state index contributed by atoms with van der Waals surface area (Å²) >= 11 is 0. The molecule has 0 aromatic heterocycles. The third-order valence-electron chi connectivity index (χ3n) is 1.03. The molecule has 0 aliphatic carbocycles. The number of carbonyl (C=O) groups is 1. The summed E-state index contributed by atoms with van der Waals surface area (Å²) in [6, 6.07) is -0.347. The topological polar surface area (TPSA) is 70.9 Å². The molecule has 0 spiro atoms. The first-order valence-corrected chi connectivity index (χ1v) is 4.02. The molecule has 0 saturated heterocycles. The fourth-order valence-corrected chi connectivity index (χ4v) is 0.631. The monoisotopic (exact) mass is 188 g/mol. The van der Waals surface area contributed by atoms with Gasteiger partial charge in [0.1, 0.15) is 5.60 Å². The summed E-state index contributed by atoms with van der Waals surface area (Å²) in [5, 5.41) is 13.4. The summed E-state index contributed by atoms with van der Waals surface area (Å²) in [5.41, 5.74) is -0.514. The van der Waals surface area contributed by atoms with Crippen molar-refractivity contribution < 1.29 is 14.7 Å². The third-order valence-corrected chi connectivity index (χ3v) is 1.03. The number of nitrogens with zero attached hydrogens (tertiary/aromatic N) is 1. The van der Waals surface area contributed by atoms with Crippen molar-refractivity contribution in [3.05, 3.63) is 0 Å². The van der Waals surface area contributed by atoms with Crippen molar-refractivity contribution in [2.75, 3.05) is 0 Å². The predicted molar refractivity (Wildman–Crippen MR) is 49.1 cm³/mol. The van der Waals surface area contributed by atoms with Gasteiger partial charge in [0.2, 0.25) is 0 Å². The largest absolute Gasteiger partial charge is 0.444 e. The summed E-state index contributed by atoms with van der Waals surface area (Å²) in [7, 11) is 0. The second-order valence-electron chi connectivity index (χ2n) is 3.70. The number of carbonyl (C=O) groups excluding carboxylic acids is 1. The molecular formula is C8H16N2O3. The lowest BCUT2D eigenvalue weighted by Gasteiger charge is -2.20. The number of oxime groups is 1. The Morgan fingerprint density at radius 3 is 2.54 bits per heavy atom. The molecule has 0 heterocycles. The third kappa shape index (κ3) is 7.11. The van der Waals surface area contributed by atoms with Crippen molar-refractivity contribution in [2.24, 2.45) is 5.16 Å². The summed E-state index contributed by atoms with van der Waals surface area (Å²) in [5.74, 6) is 0. The van der Waals surface area contributed by atoms with Gasteiger partial charge in [0, 0.05) is 0 Å². The molecule has 76 valence electrons. The van der Waals surface area contributed by atoms with Crippen LogP contribution in [0.1, 0.15) is 27.7 Å². The molecule has 0 rings (SSSR count). The second kappa shape index (κ2) is 4.69. The van der Waals surface area contributed by atoms with E-state index in [1.807, 2.05) is 0 Å². The summed E-state index contributed by atoms with van der Waals surface area (Å²) < 4.78 is 4.96. The van der Waals surface area contributed by atoms with E-state index in [0.717, 1.165) is 0 Å². The first kappa shape index (κ1) is 11.7. The van der Waals surface area contributed by atoms with Crippen molar-refractivity contribution in [3.63, 3.8) is 0 Å². The minimum Gasteiger partial charge on any atom is -0.444 e. The van der Waals surface area contributed by atoms with E-state index in [1.165, 1.54) is 6.21 Å². The van der Waals surface area contributed by atoms with E-state index in [0.29, 0.717) is 0 Å². The van der Waals surface area contributed by atoms with E-state index in [-0.39, 0.29) is 6.04 Å². The lowest BCUT2D eigenvalue weighted by molar-refractivity contribution is 0.0522. The Hall–Kier alpha value is -1.26. The van der Waals surface area contributed by atoms with Gasteiger partial charge in [-0.1, -0.05) is 5.16 Å². The second-order valence-corrected chi connectivity index (χ2v) is 3.70. The number of amides is 1. The van der Waals surface area contributed by atoms with Gasteiger partial charge in [0.05, 0.1) is 12.3 Å². The normalized spacial score (nSPS) is 14.2. The molecule has 5 heteroatoms. The van der Waals surface area contributed by atoms with E-state index < -0.39 is 11.7 Å². The molecule has 0 aromatic carbocycles. The van der Waals surface area contributed by atoms with E-state index >= 15 is 0 Å². The van der Waals surface area contributed by atoms with Crippen molar-refractivity contribution in [1.82, 2.24) is 5.32 Å². The van der Waals surface area contributed by atoms with Gasteiger partial charge in [0.15, 0.2) is 0 Å². The average Bonchev–Trinajstić information content (AvgIpc) is 1.81. The number of hydrogen-bond donors (Lipinski definition) is 2. The van der Waals surface area contributed by atoms with Crippen LogP contribution in [0.2, 0.25) is 0 Å². The quantitative estimate of drug-likeness (QED) is 0.390. The van der Waals surface area contributed by atoms with E-state index in [1.54, 1.807) is 27.7 Å². The number of ether oxygens (including phenoxy) is 1. The molecule has 0 bridgehead atoms. The van der Waals surface area contributed by atoms with Crippen LogP contribution < -0.4 is 5.32 Å². The fraction of sp³-hybridized carbons (Fsp3) is 0.750. The Morgan fingerprint density at radius 2 is 2.15 bits per heavy atom. The van der Waals surface area contributed by atoms with Crippen molar-refractivity contribution >= 4 is 12.3 Å². The molecule has 13 heavy (non-hydrogen) atoms. The zero-order chi connectivity index (χ0) is 10.5. The number of hydrogen-bond acceptors (Lipinski definition) is 4. The van der Waals surface area contributed by atoms with Crippen LogP contribution in [-0.4, -0.2) is 29.2 Å².